The van der Waals surface area contributed by atoms with Gasteiger partial charge in [-0.25, -0.2) is 4.79 Å². The summed E-state index contributed by atoms with van der Waals surface area (Å²) in [7, 11) is 0. The van der Waals surface area contributed by atoms with Crippen LogP contribution in [0.2, 0.25) is 0 Å². The molecule has 1 amide bonds. The summed E-state index contributed by atoms with van der Waals surface area (Å²) in [5.41, 5.74) is 2.51. The van der Waals surface area contributed by atoms with E-state index in [9.17, 15) is 9.59 Å². The number of carbonyl (C=O) groups is 2. The molecule has 0 heterocycles. The lowest BCUT2D eigenvalue weighted by molar-refractivity contribution is 0.0526. The molecule has 0 saturated carbocycles. The first-order valence-corrected chi connectivity index (χ1v) is 7.94. The number of rotatable bonds is 4. The maximum atomic E-state index is 12.4. The summed E-state index contributed by atoms with van der Waals surface area (Å²) in [5.74, 6) is -0.596. The minimum Gasteiger partial charge on any atom is -0.462 e. The van der Waals surface area contributed by atoms with E-state index >= 15 is 0 Å². The lowest BCUT2D eigenvalue weighted by Crippen LogP contribution is -2.15. The van der Waals surface area contributed by atoms with Gasteiger partial charge in [0.2, 0.25) is 0 Å². The van der Waals surface area contributed by atoms with Crippen molar-refractivity contribution in [1.29, 1.82) is 0 Å². The second-order valence-corrected chi connectivity index (χ2v) is 5.85. The predicted molar refractivity (Wildman–Crippen MR) is 94.2 cm³/mol. The van der Waals surface area contributed by atoms with Crippen LogP contribution in [-0.4, -0.2) is 18.5 Å². The quantitative estimate of drug-likeness (QED) is 0.613. The number of ether oxygens (including phenoxy) is 1. The van der Waals surface area contributed by atoms with Crippen molar-refractivity contribution in [2.75, 3.05) is 11.9 Å². The zero-order valence-electron chi connectivity index (χ0n) is 12.4. The largest absolute Gasteiger partial charge is 0.462 e. The molecule has 2 aromatic rings. The second-order valence-electron chi connectivity index (χ2n) is 4.68. The molecule has 22 heavy (non-hydrogen) atoms. The van der Waals surface area contributed by atoms with Gasteiger partial charge in [-0.2, -0.15) is 0 Å². The highest BCUT2D eigenvalue weighted by Crippen LogP contribution is 2.20. The van der Waals surface area contributed by atoms with Crippen molar-refractivity contribution < 1.29 is 14.3 Å². The van der Waals surface area contributed by atoms with Gasteiger partial charge in [0.1, 0.15) is 0 Å². The Morgan fingerprint density at radius 1 is 1.18 bits per heavy atom. The first kappa shape index (κ1) is 16.5. The third-order valence-electron chi connectivity index (χ3n) is 3.12. The number of amides is 1. The van der Waals surface area contributed by atoms with Gasteiger partial charge in [0, 0.05) is 9.26 Å². The third kappa shape index (κ3) is 3.85. The van der Waals surface area contributed by atoms with Crippen LogP contribution in [0.25, 0.3) is 0 Å². The number of hydrogen-bond acceptors (Lipinski definition) is 3. The van der Waals surface area contributed by atoms with E-state index in [1.807, 2.05) is 25.1 Å². The minimum atomic E-state index is -0.396. The first-order valence-electron chi connectivity index (χ1n) is 6.86. The Morgan fingerprint density at radius 3 is 2.59 bits per heavy atom. The second kappa shape index (κ2) is 7.40. The summed E-state index contributed by atoms with van der Waals surface area (Å²) in [6, 6.07) is 12.5. The van der Waals surface area contributed by atoms with E-state index in [-0.39, 0.29) is 5.91 Å². The lowest BCUT2D eigenvalue weighted by Gasteiger charge is -2.11. The summed E-state index contributed by atoms with van der Waals surface area (Å²) in [6.45, 7) is 3.95. The maximum Gasteiger partial charge on any atom is 0.338 e. The zero-order valence-corrected chi connectivity index (χ0v) is 14.5. The molecule has 0 aliphatic carbocycles. The third-order valence-corrected chi connectivity index (χ3v) is 4.06. The molecule has 0 aromatic heterocycles. The molecular formula is C17H16INO3. The van der Waals surface area contributed by atoms with E-state index in [1.165, 1.54) is 0 Å². The van der Waals surface area contributed by atoms with Crippen molar-refractivity contribution in [3.8, 4) is 0 Å². The normalized spacial score (nSPS) is 10.1. The van der Waals surface area contributed by atoms with Crippen molar-refractivity contribution in [3.05, 3.63) is 62.7 Å². The molecule has 4 nitrogen and oxygen atoms in total. The van der Waals surface area contributed by atoms with E-state index in [1.54, 1.807) is 31.2 Å². The van der Waals surface area contributed by atoms with Crippen molar-refractivity contribution in [1.82, 2.24) is 0 Å². The Hall–Kier alpha value is -1.89. The van der Waals surface area contributed by atoms with Gasteiger partial charge in [-0.1, -0.05) is 18.2 Å². The van der Waals surface area contributed by atoms with Crippen LogP contribution in [0.4, 0.5) is 5.69 Å². The van der Waals surface area contributed by atoms with Crippen LogP contribution >= 0.6 is 22.6 Å². The SMILES string of the molecule is CCOC(=O)c1ccc(C)c(NC(=O)c2ccccc2I)c1. The molecule has 1 N–H and O–H groups in total. The standard InChI is InChI=1S/C17H16INO3/c1-3-22-17(21)12-9-8-11(2)15(10-12)19-16(20)13-6-4-5-7-14(13)18/h4-10H,3H2,1-2H3,(H,19,20). The molecule has 2 rings (SSSR count). The van der Waals surface area contributed by atoms with Gasteiger partial charge in [0.05, 0.1) is 17.7 Å². The van der Waals surface area contributed by atoms with E-state index in [2.05, 4.69) is 27.9 Å². The Bertz CT molecular complexity index is 713. The molecule has 0 fully saturated rings. The fourth-order valence-corrected chi connectivity index (χ4v) is 2.57. The number of hydrogen-bond donors (Lipinski definition) is 1. The van der Waals surface area contributed by atoms with E-state index in [4.69, 9.17) is 4.74 Å². The molecule has 0 aliphatic rings. The van der Waals surface area contributed by atoms with Gasteiger partial charge in [-0.05, 0) is 66.3 Å². The molecule has 0 radical (unpaired) electrons. The van der Waals surface area contributed by atoms with Crippen LogP contribution in [0.1, 0.15) is 33.2 Å². The number of aryl methyl sites for hydroxylation is 1. The average molecular weight is 409 g/mol. The Kier molecular flexibility index (Phi) is 5.54. The van der Waals surface area contributed by atoms with Gasteiger partial charge in [0.15, 0.2) is 0 Å². The summed E-state index contributed by atoms with van der Waals surface area (Å²) in [4.78, 5) is 24.1. The zero-order chi connectivity index (χ0) is 16.1. The summed E-state index contributed by atoms with van der Waals surface area (Å²) < 4.78 is 5.85. The average Bonchev–Trinajstić information content (AvgIpc) is 2.50. The van der Waals surface area contributed by atoms with Crippen LogP contribution in [0, 0.1) is 10.5 Å². The number of esters is 1. The topological polar surface area (TPSA) is 55.4 Å². The van der Waals surface area contributed by atoms with E-state index in [0.29, 0.717) is 23.4 Å². The highest BCUT2D eigenvalue weighted by Gasteiger charge is 2.13. The summed E-state index contributed by atoms with van der Waals surface area (Å²) >= 11 is 2.12. The summed E-state index contributed by atoms with van der Waals surface area (Å²) in [6.07, 6.45) is 0. The van der Waals surface area contributed by atoms with Gasteiger partial charge >= 0.3 is 5.97 Å². The molecule has 5 heteroatoms. The van der Waals surface area contributed by atoms with E-state index < -0.39 is 5.97 Å². The van der Waals surface area contributed by atoms with Crippen LogP contribution in [0.15, 0.2) is 42.5 Å². The summed E-state index contributed by atoms with van der Waals surface area (Å²) in [5, 5.41) is 2.85. The number of halogens is 1. The number of benzene rings is 2. The smallest absolute Gasteiger partial charge is 0.338 e. The Morgan fingerprint density at radius 2 is 1.91 bits per heavy atom. The molecule has 0 atom stereocenters. The monoisotopic (exact) mass is 409 g/mol. The first-order chi connectivity index (χ1) is 10.5. The van der Waals surface area contributed by atoms with Gasteiger partial charge in [-0.15, -0.1) is 0 Å². The van der Waals surface area contributed by atoms with Crippen LogP contribution in [-0.2, 0) is 4.74 Å². The predicted octanol–water partition coefficient (Wildman–Crippen LogP) is 4.03. The van der Waals surface area contributed by atoms with Crippen molar-refractivity contribution in [3.63, 3.8) is 0 Å². The number of anilines is 1. The maximum absolute atomic E-state index is 12.4. The van der Waals surface area contributed by atoms with Crippen LogP contribution < -0.4 is 5.32 Å². The molecule has 0 bridgehead atoms. The highest BCUT2D eigenvalue weighted by atomic mass is 127. The van der Waals surface area contributed by atoms with Crippen molar-refractivity contribution >= 4 is 40.2 Å². The molecule has 0 saturated heterocycles. The van der Waals surface area contributed by atoms with Gasteiger partial charge in [-0.3, -0.25) is 4.79 Å². The van der Waals surface area contributed by atoms with Crippen molar-refractivity contribution in [2.24, 2.45) is 0 Å². The minimum absolute atomic E-state index is 0.200. The number of carbonyl (C=O) groups excluding carboxylic acids is 2. The molecule has 0 spiro atoms. The van der Waals surface area contributed by atoms with Crippen molar-refractivity contribution in [2.45, 2.75) is 13.8 Å². The fourth-order valence-electron chi connectivity index (χ4n) is 1.93. The molecular weight excluding hydrogens is 393 g/mol. The molecule has 114 valence electrons. The fraction of sp³-hybridized carbons (Fsp3) is 0.176. The molecule has 0 aliphatic heterocycles. The van der Waals surface area contributed by atoms with Crippen LogP contribution in [0.3, 0.4) is 0 Å². The lowest BCUT2D eigenvalue weighted by atomic mass is 10.1. The Balaban J connectivity index is 2.25. The molecule has 0 unspecified atom stereocenters. The van der Waals surface area contributed by atoms with Crippen LogP contribution in [0.5, 0.6) is 0 Å². The molecule has 2 aromatic carbocycles. The highest BCUT2D eigenvalue weighted by molar-refractivity contribution is 14.1. The Labute approximate surface area is 143 Å². The number of nitrogens with one attached hydrogen (secondary N) is 1. The van der Waals surface area contributed by atoms with E-state index in [0.717, 1.165) is 9.13 Å². The van der Waals surface area contributed by atoms with Gasteiger partial charge < -0.3 is 10.1 Å². The van der Waals surface area contributed by atoms with Gasteiger partial charge in [0.25, 0.3) is 5.91 Å².